The van der Waals surface area contributed by atoms with Crippen LogP contribution in [-0.4, -0.2) is 50.8 Å². The lowest BCUT2D eigenvalue weighted by Crippen LogP contribution is -2.22. The Balaban J connectivity index is 1.85. The van der Waals surface area contributed by atoms with Crippen molar-refractivity contribution in [3.05, 3.63) is 59.8 Å². The van der Waals surface area contributed by atoms with E-state index in [9.17, 15) is 9.90 Å². The normalized spacial score (nSPS) is 11.5. The van der Waals surface area contributed by atoms with Gasteiger partial charge < -0.3 is 5.11 Å². The summed E-state index contributed by atoms with van der Waals surface area (Å²) >= 11 is 0. The van der Waals surface area contributed by atoms with E-state index in [1.54, 1.807) is 40.2 Å². The molecule has 0 bridgehead atoms. The van der Waals surface area contributed by atoms with Crippen molar-refractivity contribution in [3.63, 3.8) is 0 Å². The van der Waals surface area contributed by atoms with Gasteiger partial charge >= 0.3 is 0 Å². The van der Waals surface area contributed by atoms with E-state index in [0.717, 1.165) is 16.5 Å². The van der Waals surface area contributed by atoms with Crippen molar-refractivity contribution in [2.75, 3.05) is 6.61 Å². The first-order chi connectivity index (χ1) is 14.2. The van der Waals surface area contributed by atoms with Crippen LogP contribution >= 0.6 is 0 Å². The van der Waals surface area contributed by atoms with Gasteiger partial charge in [0.05, 0.1) is 42.8 Å². The number of hydrogen-bond donors (Lipinski definition) is 1. The molecule has 0 aromatic carbocycles. The van der Waals surface area contributed by atoms with Crippen molar-refractivity contribution >= 4 is 21.8 Å². The Morgan fingerprint density at radius 3 is 2.86 bits per heavy atom. The maximum atomic E-state index is 13.0. The summed E-state index contributed by atoms with van der Waals surface area (Å²) in [4.78, 5) is 26.3. The van der Waals surface area contributed by atoms with Gasteiger partial charge in [-0.2, -0.15) is 10.2 Å². The number of fused-ring (bicyclic) bond motifs is 2. The van der Waals surface area contributed by atoms with Gasteiger partial charge in [0, 0.05) is 36.6 Å². The summed E-state index contributed by atoms with van der Waals surface area (Å²) < 4.78 is 4.71. The molecule has 0 amide bonds. The summed E-state index contributed by atoms with van der Waals surface area (Å²) in [5, 5.41) is 19.1. The molecule has 0 fully saturated rings. The van der Waals surface area contributed by atoms with Crippen molar-refractivity contribution in [2.45, 2.75) is 6.54 Å². The molecular weight excluding hydrogens is 372 g/mol. The molecule has 5 aromatic rings. The number of aliphatic hydroxyl groups excluding tert-OH is 1. The van der Waals surface area contributed by atoms with E-state index in [1.165, 1.54) is 10.9 Å². The minimum absolute atomic E-state index is 0.155. The average Bonchev–Trinajstić information content (AvgIpc) is 3.36. The van der Waals surface area contributed by atoms with Crippen LogP contribution in [0.5, 0.6) is 0 Å². The monoisotopic (exact) mass is 388 g/mol. The SMILES string of the molecule is Cn1cc(-c2nc(-n3ncc4cnccc43)cc3c(=O)n(CCO)cnc23)cn1. The van der Waals surface area contributed by atoms with Crippen LogP contribution in [-0.2, 0) is 13.6 Å². The lowest BCUT2D eigenvalue weighted by Gasteiger charge is -2.10. The smallest absolute Gasteiger partial charge is 0.261 e. The van der Waals surface area contributed by atoms with E-state index in [1.807, 2.05) is 19.3 Å². The highest BCUT2D eigenvalue weighted by Crippen LogP contribution is 2.26. The average molecular weight is 388 g/mol. The second-order valence-electron chi connectivity index (χ2n) is 6.59. The molecule has 0 spiro atoms. The third-order valence-corrected chi connectivity index (χ3v) is 4.70. The van der Waals surface area contributed by atoms with Gasteiger partial charge in [0.25, 0.3) is 5.56 Å². The lowest BCUT2D eigenvalue weighted by atomic mass is 10.1. The highest BCUT2D eigenvalue weighted by Gasteiger charge is 2.17. The van der Waals surface area contributed by atoms with Crippen LogP contribution in [0.1, 0.15) is 0 Å². The third-order valence-electron chi connectivity index (χ3n) is 4.70. The maximum absolute atomic E-state index is 13.0. The Morgan fingerprint density at radius 1 is 1.17 bits per heavy atom. The van der Waals surface area contributed by atoms with Crippen LogP contribution in [0.25, 0.3) is 38.9 Å². The zero-order valence-corrected chi connectivity index (χ0v) is 15.5. The summed E-state index contributed by atoms with van der Waals surface area (Å²) in [5.41, 5.74) is 2.32. The van der Waals surface area contributed by atoms with Gasteiger partial charge in [-0.3, -0.25) is 19.0 Å². The van der Waals surface area contributed by atoms with Crippen molar-refractivity contribution in [1.29, 1.82) is 0 Å². The zero-order chi connectivity index (χ0) is 20.0. The standard InChI is InChI=1S/C19H16N8O2/c1-25-10-13(9-22-25)17-18-14(19(29)26(4-5-28)11-21-18)6-16(24-17)27-15-2-3-20-7-12(15)8-23-27/h2-3,6-11,28H,4-5H2,1H3. The Hall–Kier alpha value is -3.92. The quantitative estimate of drug-likeness (QED) is 0.486. The molecule has 0 radical (unpaired) electrons. The molecule has 10 nitrogen and oxygen atoms in total. The first-order valence-corrected chi connectivity index (χ1v) is 8.94. The molecule has 0 unspecified atom stereocenters. The molecular formula is C19H16N8O2. The molecule has 144 valence electrons. The Bertz CT molecular complexity index is 1420. The molecule has 0 atom stereocenters. The van der Waals surface area contributed by atoms with Gasteiger partial charge in [0.2, 0.25) is 0 Å². The summed E-state index contributed by atoms with van der Waals surface area (Å²) in [6, 6.07) is 3.51. The third kappa shape index (κ3) is 2.77. The highest BCUT2D eigenvalue weighted by atomic mass is 16.3. The predicted molar refractivity (Wildman–Crippen MR) is 106 cm³/mol. The van der Waals surface area contributed by atoms with Gasteiger partial charge in [0.1, 0.15) is 11.2 Å². The van der Waals surface area contributed by atoms with E-state index in [4.69, 9.17) is 4.98 Å². The summed E-state index contributed by atoms with van der Waals surface area (Å²) in [5.74, 6) is 0.484. The fourth-order valence-corrected chi connectivity index (χ4v) is 3.33. The van der Waals surface area contributed by atoms with Crippen molar-refractivity contribution < 1.29 is 5.11 Å². The Morgan fingerprint density at radius 2 is 2.07 bits per heavy atom. The topological polar surface area (TPSA) is 117 Å². The number of hydrogen-bond acceptors (Lipinski definition) is 7. The van der Waals surface area contributed by atoms with E-state index in [-0.39, 0.29) is 18.7 Å². The lowest BCUT2D eigenvalue weighted by molar-refractivity contribution is 0.274. The largest absolute Gasteiger partial charge is 0.395 e. The molecule has 5 aromatic heterocycles. The van der Waals surface area contributed by atoms with Crippen LogP contribution in [0.15, 0.2) is 54.2 Å². The molecule has 0 aliphatic rings. The van der Waals surface area contributed by atoms with Crippen molar-refractivity contribution in [3.8, 4) is 17.1 Å². The molecule has 29 heavy (non-hydrogen) atoms. The van der Waals surface area contributed by atoms with E-state index >= 15 is 0 Å². The number of aryl methyl sites for hydroxylation is 1. The second-order valence-corrected chi connectivity index (χ2v) is 6.59. The van der Waals surface area contributed by atoms with Crippen LogP contribution < -0.4 is 5.56 Å². The van der Waals surface area contributed by atoms with Gasteiger partial charge in [-0.1, -0.05) is 0 Å². The van der Waals surface area contributed by atoms with Crippen LogP contribution in [0.2, 0.25) is 0 Å². The van der Waals surface area contributed by atoms with Gasteiger partial charge in [-0.15, -0.1) is 0 Å². The molecule has 10 heteroatoms. The highest BCUT2D eigenvalue weighted by molar-refractivity contribution is 5.92. The molecule has 5 heterocycles. The maximum Gasteiger partial charge on any atom is 0.261 e. The number of aromatic nitrogens is 8. The minimum Gasteiger partial charge on any atom is -0.395 e. The summed E-state index contributed by atoms with van der Waals surface area (Å²) in [6.45, 7) is 0.00924. The van der Waals surface area contributed by atoms with Crippen molar-refractivity contribution in [2.24, 2.45) is 7.05 Å². The van der Waals surface area contributed by atoms with Gasteiger partial charge in [0.15, 0.2) is 5.82 Å². The Labute approximate surface area is 163 Å². The summed E-state index contributed by atoms with van der Waals surface area (Å²) in [6.07, 6.45) is 10.0. The zero-order valence-electron chi connectivity index (χ0n) is 15.5. The molecule has 0 aliphatic carbocycles. The molecule has 0 saturated carbocycles. The number of aliphatic hydroxyl groups is 1. The molecule has 0 aliphatic heterocycles. The molecule has 1 N–H and O–H groups in total. The molecule has 0 saturated heterocycles. The van der Waals surface area contributed by atoms with E-state index < -0.39 is 0 Å². The fourth-order valence-electron chi connectivity index (χ4n) is 3.33. The van der Waals surface area contributed by atoms with E-state index in [0.29, 0.717) is 22.4 Å². The van der Waals surface area contributed by atoms with Crippen LogP contribution in [0.3, 0.4) is 0 Å². The van der Waals surface area contributed by atoms with Gasteiger partial charge in [-0.05, 0) is 12.1 Å². The predicted octanol–water partition coefficient (Wildman–Crippen LogP) is 0.918. The van der Waals surface area contributed by atoms with Crippen molar-refractivity contribution in [1.82, 2.24) is 39.1 Å². The number of pyridine rings is 2. The second kappa shape index (κ2) is 6.60. The minimum atomic E-state index is -0.254. The van der Waals surface area contributed by atoms with Gasteiger partial charge in [-0.25, -0.2) is 14.6 Å². The Kier molecular flexibility index (Phi) is 3.91. The summed E-state index contributed by atoms with van der Waals surface area (Å²) in [7, 11) is 1.81. The van der Waals surface area contributed by atoms with Crippen LogP contribution in [0, 0.1) is 0 Å². The first kappa shape index (κ1) is 17.2. The number of nitrogens with zero attached hydrogens (tertiary/aromatic N) is 8. The number of rotatable bonds is 4. The molecule has 5 rings (SSSR count). The first-order valence-electron chi connectivity index (χ1n) is 8.94. The fraction of sp³-hybridized carbons (Fsp3) is 0.158. The van der Waals surface area contributed by atoms with E-state index in [2.05, 4.69) is 20.2 Å². The van der Waals surface area contributed by atoms with Crippen LogP contribution in [0.4, 0.5) is 0 Å².